The highest BCUT2D eigenvalue weighted by Gasteiger charge is 2.28. The number of carbonyl (C=O) groups excluding carboxylic acids is 3. The van der Waals surface area contributed by atoms with Gasteiger partial charge in [-0.25, -0.2) is 4.79 Å². The highest BCUT2D eigenvalue weighted by Crippen LogP contribution is 2.11. The number of rotatable bonds is 16. The van der Waals surface area contributed by atoms with Crippen molar-refractivity contribution in [3.8, 4) is 5.75 Å². The molecule has 36 heavy (non-hydrogen) atoms. The molecule has 10 N–H and O–H groups in total. The van der Waals surface area contributed by atoms with Gasteiger partial charge >= 0.3 is 11.9 Å². The van der Waals surface area contributed by atoms with Gasteiger partial charge in [-0.3, -0.25) is 19.2 Å². The van der Waals surface area contributed by atoms with Gasteiger partial charge in [0.05, 0.1) is 6.04 Å². The second-order valence-electron chi connectivity index (χ2n) is 8.38. The van der Waals surface area contributed by atoms with Gasteiger partial charge < -0.3 is 42.7 Å². The summed E-state index contributed by atoms with van der Waals surface area (Å²) in [5, 5.41) is 34.5. The molecule has 0 spiro atoms. The molecule has 4 unspecified atom stereocenters. The van der Waals surface area contributed by atoms with Crippen LogP contribution in [0.2, 0.25) is 0 Å². The van der Waals surface area contributed by atoms with Crippen molar-refractivity contribution in [2.24, 2.45) is 11.5 Å². The molecule has 13 heteroatoms. The number of carboxylic acid groups (broad SMARTS) is 2. The fourth-order valence-electron chi connectivity index (χ4n) is 3.22. The van der Waals surface area contributed by atoms with Gasteiger partial charge in [-0.1, -0.05) is 12.1 Å². The van der Waals surface area contributed by atoms with Crippen LogP contribution in [0.25, 0.3) is 0 Å². The Hall–Kier alpha value is -3.71. The van der Waals surface area contributed by atoms with E-state index < -0.39 is 60.2 Å². The summed E-state index contributed by atoms with van der Waals surface area (Å²) >= 11 is 0. The summed E-state index contributed by atoms with van der Waals surface area (Å²) in [7, 11) is 0. The molecule has 0 radical (unpaired) electrons. The van der Waals surface area contributed by atoms with E-state index in [1.165, 1.54) is 19.1 Å². The normalized spacial score (nSPS) is 14.1. The van der Waals surface area contributed by atoms with Crippen LogP contribution < -0.4 is 27.4 Å². The zero-order chi connectivity index (χ0) is 27.3. The average Bonchev–Trinajstić information content (AvgIpc) is 2.81. The van der Waals surface area contributed by atoms with Gasteiger partial charge in [-0.2, -0.15) is 0 Å². The summed E-state index contributed by atoms with van der Waals surface area (Å²) in [5.41, 5.74) is 12.2. The zero-order valence-electron chi connectivity index (χ0n) is 20.1. The lowest BCUT2D eigenvalue weighted by Gasteiger charge is -2.23. The number of amides is 3. The molecule has 13 nitrogen and oxygen atoms in total. The predicted molar refractivity (Wildman–Crippen MR) is 129 cm³/mol. The first-order chi connectivity index (χ1) is 16.9. The first-order valence-electron chi connectivity index (χ1n) is 11.5. The van der Waals surface area contributed by atoms with Gasteiger partial charge in [0.2, 0.25) is 17.7 Å². The first kappa shape index (κ1) is 30.3. The lowest BCUT2D eigenvalue weighted by molar-refractivity contribution is -0.143. The van der Waals surface area contributed by atoms with E-state index >= 15 is 0 Å². The molecular formula is C23H35N5O8. The van der Waals surface area contributed by atoms with Crippen LogP contribution in [0.1, 0.15) is 44.6 Å². The Morgan fingerprint density at radius 1 is 0.861 bits per heavy atom. The summed E-state index contributed by atoms with van der Waals surface area (Å²) < 4.78 is 0. The molecule has 0 saturated heterocycles. The summed E-state index contributed by atoms with van der Waals surface area (Å²) in [6.07, 6.45) is 0.712. The minimum atomic E-state index is -1.44. The molecule has 0 saturated carbocycles. The second-order valence-corrected chi connectivity index (χ2v) is 8.38. The molecule has 0 bridgehead atoms. The highest BCUT2D eigenvalue weighted by atomic mass is 16.4. The van der Waals surface area contributed by atoms with E-state index in [-0.39, 0.29) is 25.0 Å². The number of phenolic OH excluding ortho intramolecular Hbond substituents is 1. The van der Waals surface area contributed by atoms with E-state index in [4.69, 9.17) is 16.6 Å². The number of benzene rings is 1. The summed E-state index contributed by atoms with van der Waals surface area (Å²) in [6, 6.07) is 1.56. The van der Waals surface area contributed by atoms with Crippen molar-refractivity contribution in [1.82, 2.24) is 16.0 Å². The van der Waals surface area contributed by atoms with E-state index in [0.29, 0.717) is 24.9 Å². The fraction of sp³-hybridized carbons (Fsp3) is 0.522. The molecule has 0 heterocycles. The molecule has 0 aromatic heterocycles. The Labute approximate surface area is 208 Å². The van der Waals surface area contributed by atoms with Crippen molar-refractivity contribution in [3.05, 3.63) is 29.8 Å². The maximum absolute atomic E-state index is 12.8. The molecule has 200 valence electrons. The topological polar surface area (TPSA) is 234 Å². The van der Waals surface area contributed by atoms with Crippen molar-refractivity contribution in [2.45, 2.75) is 69.6 Å². The van der Waals surface area contributed by atoms with Crippen LogP contribution in [0.5, 0.6) is 5.75 Å². The third-order valence-corrected chi connectivity index (χ3v) is 5.32. The van der Waals surface area contributed by atoms with Gasteiger partial charge in [-0.05, 0) is 63.3 Å². The van der Waals surface area contributed by atoms with Crippen molar-refractivity contribution < 1.29 is 39.3 Å². The molecular weight excluding hydrogens is 474 g/mol. The Balaban J connectivity index is 2.78. The Morgan fingerprint density at radius 3 is 2.03 bits per heavy atom. The van der Waals surface area contributed by atoms with Crippen molar-refractivity contribution in [3.63, 3.8) is 0 Å². The van der Waals surface area contributed by atoms with Gasteiger partial charge in [0.1, 0.15) is 23.9 Å². The Morgan fingerprint density at radius 2 is 1.47 bits per heavy atom. The number of aromatic hydroxyl groups is 1. The van der Waals surface area contributed by atoms with Crippen LogP contribution in [0.4, 0.5) is 0 Å². The number of unbranched alkanes of at least 4 members (excludes halogenated alkanes) is 1. The number of hydrogen-bond donors (Lipinski definition) is 8. The van der Waals surface area contributed by atoms with E-state index in [1.54, 1.807) is 12.1 Å². The van der Waals surface area contributed by atoms with Crippen molar-refractivity contribution >= 4 is 29.7 Å². The average molecular weight is 510 g/mol. The molecule has 0 aliphatic heterocycles. The fourth-order valence-corrected chi connectivity index (χ4v) is 3.22. The Kier molecular flexibility index (Phi) is 12.9. The number of carbonyl (C=O) groups is 5. The lowest BCUT2D eigenvalue weighted by atomic mass is 10.0. The van der Waals surface area contributed by atoms with E-state index in [0.717, 1.165) is 0 Å². The summed E-state index contributed by atoms with van der Waals surface area (Å²) in [4.78, 5) is 59.9. The number of hydrogen-bond acceptors (Lipinski definition) is 8. The lowest BCUT2D eigenvalue weighted by Crippen LogP contribution is -2.56. The maximum Gasteiger partial charge on any atom is 0.326 e. The number of nitrogens with one attached hydrogen (secondary N) is 3. The molecule has 1 rings (SSSR count). The van der Waals surface area contributed by atoms with E-state index in [9.17, 15) is 34.2 Å². The monoisotopic (exact) mass is 509 g/mol. The number of aliphatic carboxylic acids is 2. The minimum Gasteiger partial charge on any atom is -0.508 e. The van der Waals surface area contributed by atoms with Crippen LogP contribution in [0, 0.1) is 0 Å². The molecule has 0 aliphatic rings. The maximum atomic E-state index is 12.8. The molecule has 4 atom stereocenters. The second kappa shape index (κ2) is 15.3. The number of carboxylic acids is 2. The van der Waals surface area contributed by atoms with Gasteiger partial charge in [0.25, 0.3) is 0 Å². The summed E-state index contributed by atoms with van der Waals surface area (Å²) in [6.45, 7) is 1.72. The number of phenols is 1. The zero-order valence-corrected chi connectivity index (χ0v) is 20.1. The largest absolute Gasteiger partial charge is 0.508 e. The highest BCUT2D eigenvalue weighted by molar-refractivity contribution is 5.94. The van der Waals surface area contributed by atoms with Crippen LogP contribution in [0.15, 0.2) is 24.3 Å². The first-order valence-corrected chi connectivity index (χ1v) is 11.5. The third kappa shape index (κ3) is 11.1. The number of nitrogens with two attached hydrogens (primary N) is 2. The minimum absolute atomic E-state index is 0.0723. The SMILES string of the molecule is CC(NC(=O)C(CCCCN)NC(=O)C(N)Cc1ccc(O)cc1)C(=O)NC(CCC(=O)O)C(=O)O. The quantitative estimate of drug-likeness (QED) is 0.124. The molecule has 0 aliphatic carbocycles. The third-order valence-electron chi connectivity index (χ3n) is 5.32. The van der Waals surface area contributed by atoms with Crippen molar-refractivity contribution in [2.75, 3.05) is 6.54 Å². The Bertz CT molecular complexity index is 908. The van der Waals surface area contributed by atoms with Gasteiger partial charge in [0.15, 0.2) is 0 Å². The molecule has 1 aromatic carbocycles. The van der Waals surface area contributed by atoms with Crippen LogP contribution >= 0.6 is 0 Å². The van der Waals surface area contributed by atoms with Gasteiger partial charge in [-0.15, -0.1) is 0 Å². The van der Waals surface area contributed by atoms with Crippen molar-refractivity contribution in [1.29, 1.82) is 0 Å². The summed E-state index contributed by atoms with van der Waals surface area (Å²) in [5.74, 6) is -4.63. The van der Waals surface area contributed by atoms with E-state index in [1.807, 2.05) is 0 Å². The predicted octanol–water partition coefficient (Wildman–Crippen LogP) is -1.19. The van der Waals surface area contributed by atoms with E-state index in [2.05, 4.69) is 16.0 Å². The smallest absolute Gasteiger partial charge is 0.326 e. The van der Waals surface area contributed by atoms with Crippen LogP contribution in [-0.2, 0) is 30.4 Å². The molecule has 3 amide bonds. The van der Waals surface area contributed by atoms with Crippen LogP contribution in [0.3, 0.4) is 0 Å². The van der Waals surface area contributed by atoms with Crippen LogP contribution in [-0.4, -0.2) is 75.7 Å². The van der Waals surface area contributed by atoms with Gasteiger partial charge in [0, 0.05) is 6.42 Å². The standard InChI is InChI=1S/C23H35N5O8/c1-13(20(32)28-18(23(35)36)9-10-19(30)31)26-22(34)17(4-2-3-11-24)27-21(33)16(25)12-14-5-7-15(29)8-6-14/h5-8,13,16-18,29H,2-4,9-12,24-25H2,1H3,(H,26,34)(H,27,33)(H,28,32)(H,30,31)(H,35,36). The molecule has 1 aromatic rings. The molecule has 0 fully saturated rings.